The second-order valence-electron chi connectivity index (χ2n) is 5.43. The molecule has 0 bridgehead atoms. The van der Waals surface area contributed by atoms with Gasteiger partial charge in [-0.3, -0.25) is 0 Å². The first kappa shape index (κ1) is 16.2. The Labute approximate surface area is 131 Å². The summed E-state index contributed by atoms with van der Waals surface area (Å²) in [6.07, 6.45) is 7.19. The van der Waals surface area contributed by atoms with Gasteiger partial charge < -0.3 is 9.88 Å². The number of imidazole rings is 1. The quantitative estimate of drug-likeness (QED) is 0.809. The molecule has 5 heteroatoms. The second-order valence-corrected chi connectivity index (χ2v) is 6.67. The molecular weight excluding hydrogens is 280 g/mol. The zero-order chi connectivity index (χ0) is 15.2. The van der Waals surface area contributed by atoms with Crippen LogP contribution in [-0.2, 0) is 13.0 Å². The van der Waals surface area contributed by atoms with Crippen molar-refractivity contribution in [3.8, 4) is 0 Å². The molecule has 2 heterocycles. The number of aromatic nitrogens is 3. The number of nitrogens with zero attached hydrogens (tertiary/aromatic N) is 3. The first-order valence-corrected chi connectivity index (χ1v) is 8.64. The maximum absolute atomic E-state index is 4.58. The van der Waals surface area contributed by atoms with E-state index >= 15 is 0 Å². The van der Waals surface area contributed by atoms with E-state index in [1.807, 2.05) is 6.20 Å². The topological polar surface area (TPSA) is 42.7 Å². The molecule has 0 amide bonds. The minimum atomic E-state index is 0.314. The van der Waals surface area contributed by atoms with E-state index < -0.39 is 0 Å². The van der Waals surface area contributed by atoms with Crippen LogP contribution < -0.4 is 5.32 Å². The van der Waals surface area contributed by atoms with Gasteiger partial charge in [-0.2, -0.15) is 0 Å². The number of rotatable bonds is 8. The van der Waals surface area contributed by atoms with Gasteiger partial charge in [0.2, 0.25) is 0 Å². The van der Waals surface area contributed by atoms with Crippen molar-refractivity contribution in [2.75, 3.05) is 6.54 Å². The molecule has 0 radical (unpaired) electrons. The van der Waals surface area contributed by atoms with Crippen LogP contribution in [0.1, 0.15) is 54.1 Å². The van der Waals surface area contributed by atoms with Crippen LogP contribution in [0.2, 0.25) is 0 Å². The lowest BCUT2D eigenvalue weighted by Gasteiger charge is -2.18. The van der Waals surface area contributed by atoms with E-state index in [0.717, 1.165) is 48.9 Å². The van der Waals surface area contributed by atoms with Crippen molar-refractivity contribution in [2.45, 2.75) is 59.5 Å². The molecule has 0 aliphatic rings. The highest BCUT2D eigenvalue weighted by Gasteiger charge is 2.19. The van der Waals surface area contributed by atoms with Crippen LogP contribution in [0, 0.1) is 13.8 Å². The van der Waals surface area contributed by atoms with Gasteiger partial charge in [-0.15, -0.1) is 11.3 Å². The molecule has 4 nitrogen and oxygen atoms in total. The molecule has 2 aromatic heterocycles. The normalized spacial score (nSPS) is 12.8. The fraction of sp³-hybridized carbons (Fsp3) is 0.625. The predicted octanol–water partition coefficient (Wildman–Crippen LogP) is 3.65. The molecule has 116 valence electrons. The first-order valence-electron chi connectivity index (χ1n) is 7.83. The maximum Gasteiger partial charge on any atom is 0.110 e. The Bertz CT molecular complexity index is 558. The Morgan fingerprint density at radius 3 is 2.71 bits per heavy atom. The van der Waals surface area contributed by atoms with E-state index in [0.29, 0.717) is 6.04 Å². The summed E-state index contributed by atoms with van der Waals surface area (Å²) in [6.45, 7) is 10.7. The SMILES string of the molecule is CCCNC(Cc1nccn1CCC)c1sc(C)nc1C. The highest BCUT2D eigenvalue weighted by Crippen LogP contribution is 2.27. The fourth-order valence-electron chi connectivity index (χ4n) is 2.60. The van der Waals surface area contributed by atoms with Crippen molar-refractivity contribution in [2.24, 2.45) is 0 Å². The van der Waals surface area contributed by atoms with Crippen molar-refractivity contribution < 1.29 is 0 Å². The molecule has 21 heavy (non-hydrogen) atoms. The highest BCUT2D eigenvalue weighted by molar-refractivity contribution is 7.11. The molecule has 0 saturated heterocycles. The highest BCUT2D eigenvalue weighted by atomic mass is 32.1. The maximum atomic E-state index is 4.58. The zero-order valence-electron chi connectivity index (χ0n) is 13.5. The van der Waals surface area contributed by atoms with Gasteiger partial charge in [0.15, 0.2) is 0 Å². The van der Waals surface area contributed by atoms with E-state index in [1.165, 1.54) is 4.88 Å². The van der Waals surface area contributed by atoms with Crippen LogP contribution in [0.15, 0.2) is 12.4 Å². The number of hydrogen-bond donors (Lipinski definition) is 1. The van der Waals surface area contributed by atoms with Crippen LogP contribution in [0.4, 0.5) is 0 Å². The van der Waals surface area contributed by atoms with Gasteiger partial charge in [-0.05, 0) is 33.2 Å². The molecule has 0 aromatic carbocycles. The van der Waals surface area contributed by atoms with Gasteiger partial charge in [-0.1, -0.05) is 13.8 Å². The van der Waals surface area contributed by atoms with Crippen molar-refractivity contribution in [1.82, 2.24) is 19.9 Å². The zero-order valence-corrected chi connectivity index (χ0v) is 14.3. The van der Waals surface area contributed by atoms with Gasteiger partial charge in [-0.25, -0.2) is 9.97 Å². The summed E-state index contributed by atoms with van der Waals surface area (Å²) in [5.41, 5.74) is 1.15. The number of hydrogen-bond acceptors (Lipinski definition) is 4. The third-order valence-corrected chi connectivity index (χ3v) is 4.74. The van der Waals surface area contributed by atoms with Gasteiger partial charge in [0.1, 0.15) is 5.82 Å². The van der Waals surface area contributed by atoms with Crippen molar-refractivity contribution in [3.63, 3.8) is 0 Å². The minimum Gasteiger partial charge on any atom is -0.335 e. The molecule has 0 spiro atoms. The summed E-state index contributed by atoms with van der Waals surface area (Å²) in [7, 11) is 0. The van der Waals surface area contributed by atoms with Crippen molar-refractivity contribution in [1.29, 1.82) is 0 Å². The Balaban J connectivity index is 2.20. The Kier molecular flexibility index (Phi) is 5.94. The van der Waals surface area contributed by atoms with E-state index in [4.69, 9.17) is 0 Å². The lowest BCUT2D eigenvalue weighted by molar-refractivity contribution is 0.506. The third-order valence-electron chi connectivity index (χ3n) is 3.55. The molecule has 2 rings (SSSR count). The average Bonchev–Trinajstić information content (AvgIpc) is 3.02. The molecule has 1 N–H and O–H groups in total. The molecule has 0 aliphatic heterocycles. The van der Waals surface area contributed by atoms with Gasteiger partial charge >= 0.3 is 0 Å². The molecular formula is C16H26N4S. The van der Waals surface area contributed by atoms with Crippen LogP contribution in [0.25, 0.3) is 0 Å². The molecule has 0 saturated carbocycles. The Morgan fingerprint density at radius 1 is 1.29 bits per heavy atom. The molecule has 0 aliphatic carbocycles. The van der Waals surface area contributed by atoms with Crippen LogP contribution in [0.5, 0.6) is 0 Å². The Hall–Kier alpha value is -1.20. The van der Waals surface area contributed by atoms with Gasteiger partial charge in [0.05, 0.1) is 16.7 Å². The smallest absolute Gasteiger partial charge is 0.110 e. The van der Waals surface area contributed by atoms with Crippen LogP contribution in [0.3, 0.4) is 0 Å². The largest absolute Gasteiger partial charge is 0.335 e. The summed E-state index contributed by atoms with van der Waals surface area (Å²) in [5.74, 6) is 1.16. The fourth-order valence-corrected chi connectivity index (χ4v) is 3.61. The molecule has 0 fully saturated rings. The monoisotopic (exact) mass is 306 g/mol. The summed E-state index contributed by atoms with van der Waals surface area (Å²) in [4.78, 5) is 10.5. The Morgan fingerprint density at radius 2 is 2.10 bits per heavy atom. The predicted molar refractivity (Wildman–Crippen MR) is 88.8 cm³/mol. The average molecular weight is 306 g/mol. The van der Waals surface area contributed by atoms with E-state index in [9.17, 15) is 0 Å². The molecule has 1 atom stereocenters. The van der Waals surface area contributed by atoms with E-state index in [1.54, 1.807) is 11.3 Å². The van der Waals surface area contributed by atoms with Crippen molar-refractivity contribution >= 4 is 11.3 Å². The van der Waals surface area contributed by atoms with E-state index in [2.05, 4.69) is 53.7 Å². The summed E-state index contributed by atoms with van der Waals surface area (Å²) >= 11 is 1.80. The van der Waals surface area contributed by atoms with Crippen molar-refractivity contribution in [3.05, 3.63) is 33.8 Å². The van der Waals surface area contributed by atoms with Crippen LogP contribution >= 0.6 is 11.3 Å². The number of nitrogens with one attached hydrogen (secondary N) is 1. The third kappa shape index (κ3) is 4.14. The number of aryl methyl sites for hydroxylation is 3. The molecule has 2 aromatic rings. The molecule has 1 unspecified atom stereocenters. The minimum absolute atomic E-state index is 0.314. The first-order chi connectivity index (χ1) is 10.2. The standard InChI is InChI=1S/C16H26N4S/c1-5-7-17-14(16-12(3)19-13(4)21-16)11-15-18-8-10-20(15)9-6-2/h8,10,14,17H,5-7,9,11H2,1-4H3. The second kappa shape index (κ2) is 7.71. The van der Waals surface area contributed by atoms with E-state index in [-0.39, 0.29) is 0 Å². The lowest BCUT2D eigenvalue weighted by Crippen LogP contribution is -2.25. The van der Waals surface area contributed by atoms with Crippen LogP contribution in [-0.4, -0.2) is 21.1 Å². The summed E-state index contributed by atoms with van der Waals surface area (Å²) in [5, 5.41) is 4.81. The van der Waals surface area contributed by atoms with Gasteiger partial charge in [0, 0.05) is 30.2 Å². The number of thiazole rings is 1. The lowest BCUT2D eigenvalue weighted by atomic mass is 10.1. The summed E-state index contributed by atoms with van der Waals surface area (Å²) < 4.78 is 2.27. The van der Waals surface area contributed by atoms with Gasteiger partial charge in [0.25, 0.3) is 0 Å². The summed E-state index contributed by atoms with van der Waals surface area (Å²) in [6, 6.07) is 0.314.